The second-order valence-corrected chi connectivity index (χ2v) is 5.48. The van der Waals surface area contributed by atoms with E-state index < -0.39 is 46.7 Å². The molecule has 3 N–H and O–H groups in total. The smallest absolute Gasteiger partial charge is 0.398 e. The molecule has 0 radical (unpaired) electrons. The molecular formula is C10H12F4N2O3S. The van der Waals surface area contributed by atoms with Crippen molar-refractivity contribution in [2.75, 3.05) is 25.5 Å². The van der Waals surface area contributed by atoms with Crippen LogP contribution in [0, 0.1) is 5.82 Å². The van der Waals surface area contributed by atoms with Crippen molar-refractivity contribution in [2.45, 2.75) is 11.1 Å². The number of hydrogen-bond donors (Lipinski definition) is 2. The number of halogens is 4. The predicted octanol–water partition coefficient (Wildman–Crippen LogP) is 1.27. The number of rotatable bonds is 6. The van der Waals surface area contributed by atoms with Crippen molar-refractivity contribution in [1.82, 2.24) is 4.72 Å². The monoisotopic (exact) mass is 316 g/mol. The summed E-state index contributed by atoms with van der Waals surface area (Å²) in [6.07, 6.45) is -4.48. The Morgan fingerprint density at radius 1 is 1.30 bits per heavy atom. The first-order valence-electron chi connectivity index (χ1n) is 5.31. The zero-order valence-electron chi connectivity index (χ0n) is 10.1. The summed E-state index contributed by atoms with van der Waals surface area (Å²) in [5.74, 6) is -0.798. The van der Waals surface area contributed by atoms with Gasteiger partial charge < -0.3 is 10.5 Å². The Kier molecular flexibility index (Phi) is 5.31. The molecule has 1 aromatic carbocycles. The van der Waals surface area contributed by atoms with Crippen molar-refractivity contribution in [3.8, 4) is 0 Å². The molecule has 5 nitrogen and oxygen atoms in total. The van der Waals surface area contributed by atoms with Crippen LogP contribution in [0.4, 0.5) is 23.2 Å². The number of hydrogen-bond acceptors (Lipinski definition) is 4. The second-order valence-electron chi connectivity index (χ2n) is 3.75. The normalized spacial score (nSPS) is 12.6. The second kappa shape index (κ2) is 6.37. The summed E-state index contributed by atoms with van der Waals surface area (Å²) >= 11 is 0. The Bertz CT molecular complexity index is 560. The van der Waals surface area contributed by atoms with Gasteiger partial charge in [-0.2, -0.15) is 13.2 Å². The fourth-order valence-corrected chi connectivity index (χ4v) is 2.41. The van der Waals surface area contributed by atoms with Gasteiger partial charge in [0.25, 0.3) is 0 Å². The van der Waals surface area contributed by atoms with Gasteiger partial charge in [0, 0.05) is 6.54 Å². The molecule has 114 valence electrons. The van der Waals surface area contributed by atoms with Crippen LogP contribution in [0.2, 0.25) is 0 Å². The van der Waals surface area contributed by atoms with Gasteiger partial charge in [0.05, 0.1) is 12.3 Å². The van der Waals surface area contributed by atoms with Gasteiger partial charge >= 0.3 is 6.18 Å². The van der Waals surface area contributed by atoms with E-state index >= 15 is 0 Å². The van der Waals surface area contributed by atoms with Crippen LogP contribution in [0.15, 0.2) is 23.1 Å². The summed E-state index contributed by atoms with van der Waals surface area (Å²) < 4.78 is 77.9. The highest BCUT2D eigenvalue weighted by Gasteiger charge is 2.27. The molecule has 0 atom stereocenters. The molecule has 0 aromatic heterocycles. The average molecular weight is 316 g/mol. The molecule has 0 fully saturated rings. The van der Waals surface area contributed by atoms with Gasteiger partial charge in [0.1, 0.15) is 17.3 Å². The average Bonchev–Trinajstić information content (AvgIpc) is 2.30. The van der Waals surface area contributed by atoms with Crippen LogP contribution in [-0.2, 0) is 14.8 Å². The number of nitrogens with one attached hydrogen (secondary N) is 1. The maximum absolute atomic E-state index is 13.0. The van der Waals surface area contributed by atoms with Gasteiger partial charge in [-0.3, -0.25) is 0 Å². The number of sulfonamides is 1. The van der Waals surface area contributed by atoms with E-state index in [1.165, 1.54) is 0 Å². The summed E-state index contributed by atoms with van der Waals surface area (Å²) in [6, 6.07) is 2.78. The molecule has 0 aliphatic rings. The highest BCUT2D eigenvalue weighted by Crippen LogP contribution is 2.19. The quantitative estimate of drug-likeness (QED) is 0.470. The van der Waals surface area contributed by atoms with Gasteiger partial charge in [-0.15, -0.1) is 0 Å². The molecule has 1 rings (SSSR count). The molecule has 0 saturated carbocycles. The molecule has 0 heterocycles. The van der Waals surface area contributed by atoms with Crippen LogP contribution in [0.1, 0.15) is 0 Å². The first-order valence-corrected chi connectivity index (χ1v) is 6.79. The zero-order valence-corrected chi connectivity index (χ0v) is 10.9. The summed E-state index contributed by atoms with van der Waals surface area (Å²) in [5, 5.41) is 0. The lowest BCUT2D eigenvalue weighted by atomic mass is 10.3. The summed E-state index contributed by atoms with van der Waals surface area (Å²) in [7, 11) is -4.11. The van der Waals surface area contributed by atoms with Crippen LogP contribution in [0.3, 0.4) is 0 Å². The first kappa shape index (κ1) is 16.7. The van der Waals surface area contributed by atoms with Crippen LogP contribution in [0.5, 0.6) is 0 Å². The molecule has 10 heteroatoms. The molecular weight excluding hydrogens is 304 g/mol. The predicted molar refractivity (Wildman–Crippen MR) is 62.9 cm³/mol. The minimum atomic E-state index is -4.48. The van der Waals surface area contributed by atoms with Gasteiger partial charge in [0.15, 0.2) is 0 Å². The molecule has 0 saturated heterocycles. The van der Waals surface area contributed by atoms with Crippen molar-refractivity contribution >= 4 is 15.7 Å². The van der Waals surface area contributed by atoms with E-state index in [0.29, 0.717) is 6.07 Å². The summed E-state index contributed by atoms with van der Waals surface area (Å²) in [4.78, 5) is -0.478. The Morgan fingerprint density at radius 2 is 1.95 bits per heavy atom. The lowest BCUT2D eigenvalue weighted by Gasteiger charge is -2.10. The van der Waals surface area contributed by atoms with E-state index in [2.05, 4.69) is 4.74 Å². The maximum Gasteiger partial charge on any atom is 0.411 e. The van der Waals surface area contributed by atoms with E-state index in [0.717, 1.165) is 12.1 Å². The standard InChI is InChI=1S/C10H12F4N2O3S/c11-7-1-2-8(15)9(5-7)20(17,18)16-3-4-19-6-10(12,13)14/h1-2,5,16H,3-4,6,15H2. The van der Waals surface area contributed by atoms with E-state index in [4.69, 9.17) is 5.73 Å². The Labute approximate surface area is 112 Å². The number of benzene rings is 1. The maximum atomic E-state index is 13.0. The van der Waals surface area contributed by atoms with Crippen LogP contribution in [0.25, 0.3) is 0 Å². The molecule has 0 unspecified atom stereocenters. The van der Waals surface area contributed by atoms with E-state index in [1.807, 2.05) is 4.72 Å². The van der Waals surface area contributed by atoms with Crippen molar-refractivity contribution in [2.24, 2.45) is 0 Å². The fourth-order valence-electron chi connectivity index (χ4n) is 1.25. The van der Waals surface area contributed by atoms with Gasteiger partial charge in [0.2, 0.25) is 10.0 Å². The minimum Gasteiger partial charge on any atom is -0.398 e. The molecule has 1 aromatic rings. The summed E-state index contributed by atoms with van der Waals surface area (Å²) in [6.45, 7) is -2.35. The van der Waals surface area contributed by atoms with Crippen LogP contribution in [-0.4, -0.2) is 34.4 Å². The van der Waals surface area contributed by atoms with E-state index in [1.54, 1.807) is 0 Å². The third-order valence-electron chi connectivity index (χ3n) is 2.07. The van der Waals surface area contributed by atoms with Gasteiger partial charge in [-0.25, -0.2) is 17.5 Å². The van der Waals surface area contributed by atoms with Crippen molar-refractivity contribution in [3.05, 3.63) is 24.0 Å². The third kappa shape index (κ3) is 5.31. The van der Waals surface area contributed by atoms with E-state index in [-0.39, 0.29) is 5.69 Å². The SMILES string of the molecule is Nc1ccc(F)cc1S(=O)(=O)NCCOCC(F)(F)F. The highest BCUT2D eigenvalue weighted by atomic mass is 32.2. The van der Waals surface area contributed by atoms with Crippen molar-refractivity contribution in [3.63, 3.8) is 0 Å². The lowest BCUT2D eigenvalue weighted by molar-refractivity contribution is -0.173. The van der Waals surface area contributed by atoms with Crippen LogP contribution >= 0.6 is 0 Å². The Morgan fingerprint density at radius 3 is 2.55 bits per heavy atom. The summed E-state index contributed by atoms with van der Waals surface area (Å²) in [5.41, 5.74) is 5.23. The van der Waals surface area contributed by atoms with Gasteiger partial charge in [-0.1, -0.05) is 0 Å². The third-order valence-corrected chi connectivity index (χ3v) is 3.59. The highest BCUT2D eigenvalue weighted by molar-refractivity contribution is 7.89. The first-order chi connectivity index (χ1) is 9.12. The lowest BCUT2D eigenvalue weighted by Crippen LogP contribution is -2.29. The Hall–Kier alpha value is -1.39. The largest absolute Gasteiger partial charge is 0.411 e. The molecule has 0 amide bonds. The fraction of sp³-hybridized carbons (Fsp3) is 0.400. The molecule has 20 heavy (non-hydrogen) atoms. The topological polar surface area (TPSA) is 81.4 Å². The van der Waals surface area contributed by atoms with Crippen LogP contribution < -0.4 is 10.5 Å². The molecule has 0 aliphatic heterocycles. The van der Waals surface area contributed by atoms with Gasteiger partial charge in [-0.05, 0) is 18.2 Å². The Balaban J connectivity index is 2.56. The van der Waals surface area contributed by atoms with Crippen molar-refractivity contribution < 1.29 is 30.7 Å². The van der Waals surface area contributed by atoms with Crippen molar-refractivity contribution in [1.29, 1.82) is 0 Å². The molecule has 0 aliphatic carbocycles. The van der Waals surface area contributed by atoms with E-state index in [9.17, 15) is 26.0 Å². The molecule has 0 bridgehead atoms. The zero-order chi connectivity index (χ0) is 15.4. The number of ether oxygens (including phenoxy) is 1. The molecule has 0 spiro atoms. The number of alkyl halides is 3. The number of nitrogen functional groups attached to an aromatic ring is 1. The minimum absolute atomic E-state index is 0.171. The number of nitrogens with two attached hydrogens (primary N) is 1. The number of anilines is 1.